The number of likely N-dealkylation sites (tertiary alicyclic amines) is 1. The van der Waals surface area contributed by atoms with Crippen molar-refractivity contribution < 1.29 is 22.5 Å². The maximum Gasteiger partial charge on any atom is 0.405 e. The van der Waals surface area contributed by atoms with Crippen molar-refractivity contribution in [2.45, 2.75) is 31.0 Å². The highest BCUT2D eigenvalue weighted by atomic mass is 19.4. The predicted octanol–water partition coefficient (Wildman–Crippen LogP) is 2.49. The van der Waals surface area contributed by atoms with Gasteiger partial charge in [-0.05, 0) is 12.8 Å². The third-order valence-corrected chi connectivity index (χ3v) is 5.66. The van der Waals surface area contributed by atoms with Gasteiger partial charge in [-0.1, -0.05) is 35.5 Å². The van der Waals surface area contributed by atoms with E-state index in [9.17, 15) is 18.0 Å². The van der Waals surface area contributed by atoms with Gasteiger partial charge in [0.2, 0.25) is 23.5 Å². The lowest BCUT2D eigenvalue weighted by Crippen LogP contribution is -2.46. The number of nitrogens with one attached hydrogen (secondary N) is 1. The summed E-state index contributed by atoms with van der Waals surface area (Å²) in [6.07, 6.45) is -4.25. The number of anilines is 1. The molecular weight excluding hydrogens is 415 g/mol. The Labute approximate surface area is 174 Å². The van der Waals surface area contributed by atoms with Crippen LogP contribution in [-0.4, -0.2) is 61.5 Å². The molecule has 162 valence electrons. The van der Waals surface area contributed by atoms with Crippen LogP contribution in [0.4, 0.5) is 19.1 Å². The molecule has 1 amide bonds. The van der Waals surface area contributed by atoms with Crippen LogP contribution in [0.25, 0.3) is 11.4 Å². The summed E-state index contributed by atoms with van der Waals surface area (Å²) in [5.74, 6) is -0.817. The first-order valence-electron chi connectivity index (χ1n) is 9.82. The molecule has 12 heteroatoms. The zero-order valence-electron chi connectivity index (χ0n) is 16.3. The van der Waals surface area contributed by atoms with E-state index in [0.29, 0.717) is 24.6 Å². The Bertz CT molecular complexity index is 1090. The molecule has 3 aromatic rings. The summed E-state index contributed by atoms with van der Waals surface area (Å²) in [6, 6.07) is 8.60. The van der Waals surface area contributed by atoms with Crippen molar-refractivity contribution in [2.75, 3.05) is 25.0 Å². The molecule has 5 rings (SSSR count). The summed E-state index contributed by atoms with van der Waals surface area (Å²) in [5.41, 5.74) is -1.90. The third-order valence-electron chi connectivity index (χ3n) is 5.66. The number of fused-ring (bicyclic) bond motifs is 1. The zero-order valence-corrected chi connectivity index (χ0v) is 16.3. The first-order valence-corrected chi connectivity index (χ1v) is 9.82. The first kappa shape index (κ1) is 19.5. The second-order valence-electron chi connectivity index (χ2n) is 7.61. The van der Waals surface area contributed by atoms with E-state index in [1.807, 2.05) is 0 Å². The minimum atomic E-state index is -4.69. The van der Waals surface area contributed by atoms with Gasteiger partial charge in [-0.2, -0.15) is 23.1 Å². The monoisotopic (exact) mass is 433 g/mol. The van der Waals surface area contributed by atoms with Crippen molar-refractivity contribution in [1.82, 2.24) is 29.8 Å². The van der Waals surface area contributed by atoms with Crippen LogP contribution in [0.1, 0.15) is 29.4 Å². The number of amides is 1. The fraction of sp³-hybridized carbons (Fsp3) is 0.421. The number of aryl methyl sites for hydroxylation is 1. The van der Waals surface area contributed by atoms with E-state index in [0.717, 1.165) is 11.3 Å². The normalized spacial score (nSPS) is 21.1. The van der Waals surface area contributed by atoms with Crippen LogP contribution in [-0.2, 0) is 12.0 Å². The number of carbonyl (C=O) groups excluding carboxylic acids is 1. The molecule has 2 aromatic heterocycles. The lowest BCUT2D eigenvalue weighted by Gasteiger charge is -2.27. The topological polar surface area (TPSA) is 102 Å². The molecule has 1 fully saturated rings. The van der Waals surface area contributed by atoms with Gasteiger partial charge < -0.3 is 14.7 Å². The van der Waals surface area contributed by atoms with Gasteiger partial charge in [-0.15, -0.1) is 5.10 Å². The van der Waals surface area contributed by atoms with Crippen molar-refractivity contribution in [3.63, 3.8) is 0 Å². The van der Waals surface area contributed by atoms with E-state index >= 15 is 0 Å². The Morgan fingerprint density at radius 2 is 1.97 bits per heavy atom. The molecule has 0 bridgehead atoms. The Kier molecular flexibility index (Phi) is 4.45. The van der Waals surface area contributed by atoms with E-state index in [-0.39, 0.29) is 24.6 Å². The molecule has 31 heavy (non-hydrogen) atoms. The maximum absolute atomic E-state index is 14.2. The summed E-state index contributed by atoms with van der Waals surface area (Å²) in [5, 5.41) is 10.9. The van der Waals surface area contributed by atoms with Crippen LogP contribution < -0.4 is 5.32 Å². The van der Waals surface area contributed by atoms with E-state index in [1.165, 1.54) is 0 Å². The quantitative estimate of drug-likeness (QED) is 0.677. The molecule has 1 N–H and O–H groups in total. The number of hydrogen-bond acceptors (Lipinski definition) is 7. The molecule has 0 aliphatic carbocycles. The standard InChI is InChI=1S/C19H18F3N7O2/c20-19(21,22)18(16-24-13(27-31-16)12-5-2-1-3-6-12)7-10-28(11-18)15(30)14-25-17-23-8-4-9-29(17)26-14/h1-3,5-6H,4,7-11H2,(H,23,25,26). The molecule has 2 aliphatic rings. The molecule has 1 aromatic carbocycles. The molecule has 0 radical (unpaired) electrons. The predicted molar refractivity (Wildman–Crippen MR) is 101 cm³/mol. The minimum absolute atomic E-state index is 0.0681. The van der Waals surface area contributed by atoms with Gasteiger partial charge in [0.15, 0.2) is 5.41 Å². The largest absolute Gasteiger partial charge is 0.405 e. The highest BCUT2D eigenvalue weighted by molar-refractivity contribution is 5.91. The van der Waals surface area contributed by atoms with E-state index < -0.39 is 29.9 Å². The van der Waals surface area contributed by atoms with Crippen LogP contribution >= 0.6 is 0 Å². The number of halogens is 3. The number of benzene rings is 1. The van der Waals surface area contributed by atoms with Gasteiger partial charge >= 0.3 is 6.18 Å². The summed E-state index contributed by atoms with van der Waals surface area (Å²) in [4.78, 5) is 22.1. The third kappa shape index (κ3) is 3.22. The molecule has 1 unspecified atom stereocenters. The average molecular weight is 433 g/mol. The summed E-state index contributed by atoms with van der Waals surface area (Å²) >= 11 is 0. The van der Waals surface area contributed by atoms with E-state index in [4.69, 9.17) is 4.52 Å². The van der Waals surface area contributed by atoms with Crippen molar-refractivity contribution in [2.24, 2.45) is 0 Å². The van der Waals surface area contributed by atoms with Gasteiger partial charge in [0.25, 0.3) is 5.91 Å². The molecule has 0 saturated carbocycles. The number of nitrogens with zero attached hydrogens (tertiary/aromatic N) is 6. The molecule has 9 nitrogen and oxygen atoms in total. The molecule has 0 spiro atoms. The molecule has 1 saturated heterocycles. The van der Waals surface area contributed by atoms with Gasteiger partial charge in [0.1, 0.15) is 0 Å². The van der Waals surface area contributed by atoms with Crippen LogP contribution in [0.3, 0.4) is 0 Å². The second-order valence-corrected chi connectivity index (χ2v) is 7.61. The van der Waals surface area contributed by atoms with E-state index in [1.54, 1.807) is 35.0 Å². The van der Waals surface area contributed by atoms with Gasteiger partial charge in [0.05, 0.1) is 0 Å². The summed E-state index contributed by atoms with van der Waals surface area (Å²) in [7, 11) is 0. The maximum atomic E-state index is 14.2. The lowest BCUT2D eigenvalue weighted by atomic mass is 9.86. The van der Waals surface area contributed by atoms with Crippen LogP contribution in [0.5, 0.6) is 0 Å². The summed E-state index contributed by atoms with van der Waals surface area (Å²) in [6.45, 7) is 0.537. The van der Waals surface area contributed by atoms with Crippen molar-refractivity contribution >= 4 is 11.9 Å². The van der Waals surface area contributed by atoms with Crippen molar-refractivity contribution in [1.29, 1.82) is 0 Å². The number of hydrogen-bond donors (Lipinski definition) is 1. The molecular formula is C19H18F3N7O2. The second kappa shape index (κ2) is 7.06. The Morgan fingerprint density at radius 1 is 1.16 bits per heavy atom. The lowest BCUT2D eigenvalue weighted by molar-refractivity contribution is -0.193. The minimum Gasteiger partial charge on any atom is -0.354 e. The van der Waals surface area contributed by atoms with Crippen LogP contribution in [0.15, 0.2) is 34.9 Å². The van der Waals surface area contributed by atoms with Gasteiger partial charge in [-0.25, -0.2) is 4.68 Å². The van der Waals surface area contributed by atoms with Crippen LogP contribution in [0, 0.1) is 0 Å². The van der Waals surface area contributed by atoms with Crippen molar-refractivity contribution in [3.05, 3.63) is 42.0 Å². The number of aromatic nitrogens is 5. The Morgan fingerprint density at radius 3 is 2.71 bits per heavy atom. The SMILES string of the molecule is O=C(c1nc2n(n1)CCCN2)N1CCC(c2nc(-c3ccccc3)no2)(C(F)(F)F)C1. The molecule has 1 atom stereocenters. The Hall–Kier alpha value is -3.44. The molecule has 2 aliphatic heterocycles. The first-order chi connectivity index (χ1) is 14.9. The number of alkyl halides is 3. The smallest absolute Gasteiger partial charge is 0.354 e. The Balaban J connectivity index is 1.43. The van der Waals surface area contributed by atoms with E-state index in [2.05, 4.69) is 25.5 Å². The highest BCUT2D eigenvalue weighted by Crippen LogP contribution is 2.47. The van der Waals surface area contributed by atoms with Crippen molar-refractivity contribution in [3.8, 4) is 11.4 Å². The fourth-order valence-electron chi connectivity index (χ4n) is 3.92. The number of rotatable bonds is 3. The molecule has 4 heterocycles. The van der Waals surface area contributed by atoms with Gasteiger partial charge in [-0.3, -0.25) is 4.79 Å². The summed E-state index contributed by atoms with van der Waals surface area (Å²) < 4.78 is 49.3. The van der Waals surface area contributed by atoms with Crippen LogP contribution in [0.2, 0.25) is 0 Å². The average Bonchev–Trinajstić information content (AvgIpc) is 3.51. The number of carbonyl (C=O) groups is 1. The fourth-order valence-corrected chi connectivity index (χ4v) is 3.92. The zero-order chi connectivity index (χ0) is 21.6. The highest BCUT2D eigenvalue weighted by Gasteiger charge is 2.63. The van der Waals surface area contributed by atoms with Gasteiger partial charge in [0, 0.05) is 31.7 Å².